The molecule has 1 atom stereocenters. The van der Waals surface area contributed by atoms with Gasteiger partial charge in [-0.3, -0.25) is 4.99 Å². The highest BCUT2D eigenvalue weighted by Gasteiger charge is 2.45. The summed E-state index contributed by atoms with van der Waals surface area (Å²) in [6.45, 7) is 6.85. The molecule has 0 saturated heterocycles. The third-order valence-electron chi connectivity index (χ3n) is 4.77. The van der Waals surface area contributed by atoms with Crippen molar-refractivity contribution in [1.82, 2.24) is 0 Å². The van der Waals surface area contributed by atoms with E-state index >= 15 is 0 Å². The van der Waals surface area contributed by atoms with Crippen LogP contribution in [0.2, 0.25) is 5.04 Å². The molecule has 2 aromatic carbocycles. The Balaban J connectivity index is 0.00000261. The van der Waals surface area contributed by atoms with Gasteiger partial charge in [-0.2, -0.15) is 0 Å². The number of benzene rings is 2. The molecular formula is C22H30ClNOSSi. The van der Waals surface area contributed by atoms with E-state index in [4.69, 9.17) is 9.42 Å². The van der Waals surface area contributed by atoms with Crippen molar-refractivity contribution in [1.29, 1.82) is 0 Å². The van der Waals surface area contributed by atoms with E-state index in [0.29, 0.717) is 0 Å². The standard InChI is InChI=1S/C22H29NOSSi.ClH/c1-21(2,3)26-24-22(17-11-7-5-8-12-17,18-13-9-6-10-14-18)19-15-16-20(23-19)25-4;/h5-14,19H,15-16,26H2,1-4H3;1H/t19-;/m1./s1. The van der Waals surface area contributed by atoms with E-state index in [1.807, 2.05) is 0 Å². The fraction of sp³-hybridized carbons (Fsp3) is 0.409. The predicted octanol–water partition coefficient (Wildman–Crippen LogP) is 5.59. The molecule has 2 nitrogen and oxygen atoms in total. The van der Waals surface area contributed by atoms with Crippen LogP contribution in [0.1, 0.15) is 44.7 Å². The molecule has 0 fully saturated rings. The molecule has 146 valence electrons. The maximum absolute atomic E-state index is 6.97. The second-order valence-corrected chi connectivity index (χ2v) is 11.7. The van der Waals surface area contributed by atoms with Gasteiger partial charge in [-0.25, -0.2) is 0 Å². The molecule has 0 radical (unpaired) electrons. The van der Waals surface area contributed by atoms with Gasteiger partial charge in [0.25, 0.3) is 0 Å². The minimum Gasteiger partial charge on any atom is -0.408 e. The van der Waals surface area contributed by atoms with Gasteiger partial charge in [-0.15, -0.1) is 24.2 Å². The highest BCUT2D eigenvalue weighted by Crippen LogP contribution is 2.44. The summed E-state index contributed by atoms with van der Waals surface area (Å²) in [4.78, 5) is 5.11. The van der Waals surface area contributed by atoms with E-state index in [1.54, 1.807) is 11.8 Å². The molecule has 0 aromatic heterocycles. The molecule has 1 aliphatic rings. The zero-order valence-corrected chi connectivity index (χ0v) is 19.7. The Bertz CT molecular complexity index is 706. The molecule has 0 amide bonds. The van der Waals surface area contributed by atoms with Gasteiger partial charge >= 0.3 is 0 Å². The second-order valence-electron chi connectivity index (χ2n) is 8.10. The molecule has 0 saturated carbocycles. The summed E-state index contributed by atoms with van der Waals surface area (Å²) in [5.41, 5.74) is 1.96. The molecular weight excluding hydrogens is 390 g/mol. The smallest absolute Gasteiger partial charge is 0.168 e. The van der Waals surface area contributed by atoms with E-state index in [9.17, 15) is 0 Å². The van der Waals surface area contributed by atoms with Crippen LogP contribution in [0.4, 0.5) is 0 Å². The van der Waals surface area contributed by atoms with Gasteiger partial charge in [0.15, 0.2) is 9.76 Å². The van der Waals surface area contributed by atoms with Crippen LogP contribution in [0.25, 0.3) is 0 Å². The first-order chi connectivity index (χ1) is 12.5. The Hall–Kier alpha value is -1.07. The van der Waals surface area contributed by atoms with Crippen molar-refractivity contribution in [3.63, 3.8) is 0 Å². The first kappa shape index (κ1) is 22.2. The monoisotopic (exact) mass is 419 g/mol. The van der Waals surface area contributed by atoms with Gasteiger partial charge in [-0.1, -0.05) is 81.4 Å². The average Bonchev–Trinajstić information content (AvgIpc) is 3.13. The van der Waals surface area contributed by atoms with Crippen molar-refractivity contribution in [2.24, 2.45) is 4.99 Å². The molecule has 27 heavy (non-hydrogen) atoms. The van der Waals surface area contributed by atoms with Crippen LogP contribution in [0.5, 0.6) is 0 Å². The summed E-state index contributed by atoms with van der Waals surface area (Å²) in [7, 11) is -0.775. The molecule has 0 aliphatic carbocycles. The zero-order valence-electron chi connectivity index (χ0n) is 16.6. The van der Waals surface area contributed by atoms with Crippen molar-refractivity contribution < 1.29 is 4.43 Å². The molecule has 0 N–H and O–H groups in total. The predicted molar refractivity (Wildman–Crippen MR) is 124 cm³/mol. The molecule has 1 aliphatic heterocycles. The quantitative estimate of drug-likeness (QED) is 0.588. The highest BCUT2D eigenvalue weighted by atomic mass is 35.5. The van der Waals surface area contributed by atoms with Crippen LogP contribution in [0, 0.1) is 0 Å². The van der Waals surface area contributed by atoms with Crippen LogP contribution >= 0.6 is 24.2 Å². The van der Waals surface area contributed by atoms with Crippen molar-refractivity contribution in [3.05, 3.63) is 71.8 Å². The maximum atomic E-state index is 6.97. The van der Waals surface area contributed by atoms with Crippen molar-refractivity contribution in [3.8, 4) is 0 Å². The normalized spacial score (nSPS) is 17.8. The lowest BCUT2D eigenvalue weighted by atomic mass is 9.79. The third kappa shape index (κ3) is 5.05. The first-order valence-corrected chi connectivity index (χ1v) is 11.8. The summed E-state index contributed by atoms with van der Waals surface area (Å²) >= 11 is 1.77. The number of rotatable bonds is 5. The van der Waals surface area contributed by atoms with Gasteiger partial charge in [-0.05, 0) is 35.3 Å². The topological polar surface area (TPSA) is 21.6 Å². The Morgan fingerprint density at radius 1 is 0.963 bits per heavy atom. The lowest BCUT2D eigenvalue weighted by Crippen LogP contribution is -2.43. The van der Waals surface area contributed by atoms with E-state index in [1.165, 1.54) is 16.2 Å². The first-order valence-electron chi connectivity index (χ1n) is 9.31. The molecule has 0 spiro atoms. The largest absolute Gasteiger partial charge is 0.408 e. The van der Waals surface area contributed by atoms with Gasteiger partial charge < -0.3 is 4.43 Å². The fourth-order valence-corrected chi connectivity index (χ4v) is 5.27. The molecule has 1 heterocycles. The van der Waals surface area contributed by atoms with Crippen LogP contribution in [0.15, 0.2) is 65.7 Å². The Morgan fingerprint density at radius 2 is 1.48 bits per heavy atom. The summed E-state index contributed by atoms with van der Waals surface area (Å²) in [5.74, 6) is 0. The molecule has 3 rings (SSSR count). The average molecular weight is 420 g/mol. The van der Waals surface area contributed by atoms with Crippen molar-refractivity contribution in [2.45, 2.75) is 50.3 Å². The summed E-state index contributed by atoms with van der Waals surface area (Å²) < 4.78 is 6.97. The van der Waals surface area contributed by atoms with Gasteiger partial charge in [0.2, 0.25) is 0 Å². The van der Waals surface area contributed by atoms with E-state index in [2.05, 4.69) is 87.7 Å². The van der Waals surface area contributed by atoms with Crippen LogP contribution in [-0.4, -0.2) is 27.1 Å². The fourth-order valence-electron chi connectivity index (χ4n) is 3.53. The minimum atomic E-state index is -0.775. The van der Waals surface area contributed by atoms with Crippen molar-refractivity contribution >= 4 is 39.0 Å². The summed E-state index contributed by atoms with van der Waals surface area (Å²) in [6.07, 6.45) is 4.21. The van der Waals surface area contributed by atoms with Crippen LogP contribution in [-0.2, 0) is 10.0 Å². The van der Waals surface area contributed by atoms with Crippen molar-refractivity contribution in [2.75, 3.05) is 6.26 Å². The lowest BCUT2D eigenvalue weighted by molar-refractivity contribution is 0.0816. The Labute approximate surface area is 176 Å². The number of hydrogen-bond acceptors (Lipinski definition) is 3. The second kappa shape index (κ2) is 9.42. The van der Waals surface area contributed by atoms with E-state index in [0.717, 1.165) is 12.8 Å². The molecule has 0 unspecified atom stereocenters. The highest BCUT2D eigenvalue weighted by molar-refractivity contribution is 8.13. The third-order valence-corrected chi connectivity index (χ3v) is 7.02. The zero-order chi connectivity index (χ0) is 18.6. The number of nitrogens with zero attached hydrogens (tertiary/aromatic N) is 1. The summed E-state index contributed by atoms with van der Waals surface area (Å²) in [5, 5.41) is 1.46. The molecule has 0 bridgehead atoms. The minimum absolute atomic E-state index is 0. The molecule has 2 aromatic rings. The molecule has 5 heteroatoms. The lowest BCUT2D eigenvalue weighted by Gasteiger charge is -2.41. The van der Waals surface area contributed by atoms with Gasteiger partial charge in [0, 0.05) is 0 Å². The van der Waals surface area contributed by atoms with E-state index < -0.39 is 15.4 Å². The van der Waals surface area contributed by atoms with Gasteiger partial charge in [0.1, 0.15) is 5.60 Å². The number of aliphatic imine (C=N–C) groups is 1. The van der Waals surface area contributed by atoms with Crippen LogP contribution in [0.3, 0.4) is 0 Å². The Kier molecular flexibility index (Phi) is 7.75. The summed E-state index contributed by atoms with van der Waals surface area (Å²) in [6, 6.07) is 21.6. The number of halogens is 1. The Morgan fingerprint density at radius 3 is 1.89 bits per heavy atom. The maximum Gasteiger partial charge on any atom is 0.168 e. The van der Waals surface area contributed by atoms with E-state index in [-0.39, 0.29) is 23.5 Å². The van der Waals surface area contributed by atoms with Crippen LogP contribution < -0.4 is 0 Å². The van der Waals surface area contributed by atoms with Gasteiger partial charge in [0.05, 0.1) is 11.1 Å². The number of hydrogen-bond donors (Lipinski definition) is 0. The SMILES string of the molecule is CSC1=N[C@@H](C(O[SiH2]C(C)(C)C)(c2ccccc2)c2ccccc2)CC1.Cl. The number of thioether (sulfide) groups is 1.